The number of ether oxygens (including phenoxy) is 1. The molecular formula is C15H13ClN2O2. The molecule has 0 atom stereocenters. The van der Waals surface area contributed by atoms with Crippen LogP contribution in [0.5, 0.6) is 5.75 Å². The maximum atomic E-state index is 8.73. The smallest absolute Gasteiger partial charge is 0.137 e. The van der Waals surface area contributed by atoms with Crippen LogP contribution in [0.2, 0.25) is 5.02 Å². The molecule has 102 valence electrons. The van der Waals surface area contributed by atoms with Crippen molar-refractivity contribution < 1.29 is 9.84 Å². The molecule has 0 aliphatic heterocycles. The minimum atomic E-state index is 0.00745. The Hall–Kier alpha value is -2.04. The first-order valence-corrected chi connectivity index (χ1v) is 6.62. The van der Waals surface area contributed by atoms with Crippen molar-refractivity contribution in [2.75, 3.05) is 13.2 Å². The fourth-order valence-corrected chi connectivity index (χ4v) is 2.21. The molecule has 0 fully saturated rings. The number of benzene rings is 1. The molecule has 0 amide bonds. The Morgan fingerprint density at radius 3 is 2.70 bits per heavy atom. The van der Waals surface area contributed by atoms with Gasteiger partial charge in [0, 0.05) is 11.8 Å². The minimum absolute atomic E-state index is 0.00745. The maximum absolute atomic E-state index is 8.73. The van der Waals surface area contributed by atoms with Crippen molar-refractivity contribution in [1.82, 2.24) is 9.38 Å². The van der Waals surface area contributed by atoms with E-state index in [1.165, 1.54) is 0 Å². The van der Waals surface area contributed by atoms with Gasteiger partial charge in [0.05, 0.1) is 23.5 Å². The molecule has 3 aromatic rings. The predicted molar refractivity (Wildman–Crippen MR) is 78.2 cm³/mol. The quantitative estimate of drug-likeness (QED) is 0.803. The van der Waals surface area contributed by atoms with Crippen LogP contribution in [0.15, 0.2) is 48.8 Å². The van der Waals surface area contributed by atoms with Crippen LogP contribution in [0.25, 0.3) is 16.9 Å². The van der Waals surface area contributed by atoms with E-state index in [1.54, 1.807) is 0 Å². The maximum Gasteiger partial charge on any atom is 0.137 e. The molecule has 0 spiro atoms. The van der Waals surface area contributed by atoms with Crippen molar-refractivity contribution in [3.63, 3.8) is 0 Å². The fraction of sp³-hybridized carbons (Fsp3) is 0.133. The van der Waals surface area contributed by atoms with Crippen LogP contribution in [0.1, 0.15) is 0 Å². The summed E-state index contributed by atoms with van der Waals surface area (Å²) in [6.45, 7) is 0.304. The van der Waals surface area contributed by atoms with Gasteiger partial charge in [0.1, 0.15) is 18.0 Å². The van der Waals surface area contributed by atoms with Gasteiger partial charge in [0.2, 0.25) is 0 Å². The lowest BCUT2D eigenvalue weighted by molar-refractivity contribution is 0.201. The Balaban J connectivity index is 1.96. The average molecular weight is 289 g/mol. The Bertz CT molecular complexity index is 722. The Morgan fingerprint density at radius 2 is 1.95 bits per heavy atom. The van der Waals surface area contributed by atoms with Gasteiger partial charge in [-0.3, -0.25) is 4.40 Å². The van der Waals surface area contributed by atoms with E-state index in [1.807, 2.05) is 53.2 Å². The number of pyridine rings is 1. The topological polar surface area (TPSA) is 46.8 Å². The van der Waals surface area contributed by atoms with Crippen molar-refractivity contribution in [1.29, 1.82) is 0 Å². The molecule has 2 heterocycles. The molecule has 2 aromatic heterocycles. The van der Waals surface area contributed by atoms with E-state index in [-0.39, 0.29) is 6.61 Å². The molecule has 20 heavy (non-hydrogen) atoms. The van der Waals surface area contributed by atoms with Gasteiger partial charge in [-0.25, -0.2) is 4.98 Å². The molecule has 3 rings (SSSR count). The summed E-state index contributed by atoms with van der Waals surface area (Å²) in [4.78, 5) is 4.35. The molecule has 0 saturated carbocycles. The van der Waals surface area contributed by atoms with Crippen molar-refractivity contribution in [2.24, 2.45) is 0 Å². The summed E-state index contributed by atoms with van der Waals surface area (Å²) in [5, 5.41) is 9.39. The van der Waals surface area contributed by atoms with Gasteiger partial charge in [-0.1, -0.05) is 11.6 Å². The number of hydrogen-bond donors (Lipinski definition) is 1. The lowest BCUT2D eigenvalue weighted by Gasteiger charge is -2.06. The standard InChI is InChI=1S/C15H13ClN2O2/c16-12-3-6-15-17-9-14(18(15)10-12)11-1-4-13(5-2-11)20-8-7-19/h1-6,9-10,19H,7-8H2. The highest BCUT2D eigenvalue weighted by Crippen LogP contribution is 2.24. The second-order valence-electron chi connectivity index (χ2n) is 4.32. The summed E-state index contributed by atoms with van der Waals surface area (Å²) in [7, 11) is 0. The van der Waals surface area contributed by atoms with E-state index in [9.17, 15) is 0 Å². The number of rotatable bonds is 4. The van der Waals surface area contributed by atoms with Crippen molar-refractivity contribution >= 4 is 17.2 Å². The van der Waals surface area contributed by atoms with Gasteiger partial charge in [0.15, 0.2) is 0 Å². The number of aliphatic hydroxyl groups excluding tert-OH is 1. The SMILES string of the molecule is OCCOc1ccc(-c2cnc3ccc(Cl)cn23)cc1. The summed E-state index contributed by atoms with van der Waals surface area (Å²) < 4.78 is 7.29. The van der Waals surface area contributed by atoms with Crippen LogP contribution in [-0.4, -0.2) is 27.7 Å². The summed E-state index contributed by atoms with van der Waals surface area (Å²) in [5.74, 6) is 0.731. The fourth-order valence-electron chi connectivity index (χ4n) is 2.05. The average Bonchev–Trinajstić information content (AvgIpc) is 2.88. The third-order valence-electron chi connectivity index (χ3n) is 2.98. The van der Waals surface area contributed by atoms with E-state index < -0.39 is 0 Å². The largest absolute Gasteiger partial charge is 0.491 e. The minimum Gasteiger partial charge on any atom is -0.491 e. The zero-order valence-corrected chi connectivity index (χ0v) is 11.4. The van der Waals surface area contributed by atoms with Crippen LogP contribution in [0.4, 0.5) is 0 Å². The normalized spacial score (nSPS) is 10.9. The van der Waals surface area contributed by atoms with Gasteiger partial charge < -0.3 is 9.84 Å². The Morgan fingerprint density at radius 1 is 1.15 bits per heavy atom. The molecular weight excluding hydrogens is 276 g/mol. The van der Waals surface area contributed by atoms with E-state index >= 15 is 0 Å². The third kappa shape index (κ3) is 2.48. The van der Waals surface area contributed by atoms with Gasteiger partial charge in [0.25, 0.3) is 0 Å². The zero-order chi connectivity index (χ0) is 13.9. The van der Waals surface area contributed by atoms with E-state index in [0.717, 1.165) is 22.7 Å². The van der Waals surface area contributed by atoms with Crippen molar-refractivity contribution in [2.45, 2.75) is 0 Å². The summed E-state index contributed by atoms with van der Waals surface area (Å²) in [6.07, 6.45) is 3.66. The van der Waals surface area contributed by atoms with E-state index in [2.05, 4.69) is 4.98 Å². The molecule has 1 aromatic carbocycles. The van der Waals surface area contributed by atoms with Gasteiger partial charge >= 0.3 is 0 Å². The second-order valence-corrected chi connectivity index (χ2v) is 4.75. The zero-order valence-electron chi connectivity index (χ0n) is 10.7. The second kappa shape index (κ2) is 5.53. The lowest BCUT2D eigenvalue weighted by Crippen LogP contribution is -2.01. The van der Waals surface area contributed by atoms with Crippen LogP contribution >= 0.6 is 11.6 Å². The van der Waals surface area contributed by atoms with Crippen molar-refractivity contribution in [3.8, 4) is 17.0 Å². The molecule has 1 N–H and O–H groups in total. The first-order valence-electron chi connectivity index (χ1n) is 6.24. The first-order chi connectivity index (χ1) is 9.78. The number of aliphatic hydroxyl groups is 1. The Labute approximate surface area is 121 Å². The van der Waals surface area contributed by atoms with Crippen LogP contribution < -0.4 is 4.74 Å². The predicted octanol–water partition coefficient (Wildman–Crippen LogP) is 3.03. The van der Waals surface area contributed by atoms with E-state index in [4.69, 9.17) is 21.4 Å². The molecule has 0 aliphatic carbocycles. The number of hydrogen-bond acceptors (Lipinski definition) is 3. The van der Waals surface area contributed by atoms with Crippen molar-refractivity contribution in [3.05, 3.63) is 53.8 Å². The highest BCUT2D eigenvalue weighted by atomic mass is 35.5. The molecule has 0 aliphatic rings. The number of aromatic nitrogens is 2. The summed E-state index contributed by atoms with van der Waals surface area (Å²) in [6, 6.07) is 11.3. The molecule has 0 unspecified atom stereocenters. The number of nitrogens with zero attached hydrogens (tertiary/aromatic N) is 2. The highest BCUT2D eigenvalue weighted by molar-refractivity contribution is 6.30. The summed E-state index contributed by atoms with van der Waals surface area (Å²) in [5.41, 5.74) is 2.84. The monoisotopic (exact) mass is 288 g/mol. The van der Waals surface area contributed by atoms with Gasteiger partial charge in [-0.2, -0.15) is 0 Å². The van der Waals surface area contributed by atoms with Crippen LogP contribution in [0, 0.1) is 0 Å². The molecule has 0 bridgehead atoms. The molecule has 0 saturated heterocycles. The number of fused-ring (bicyclic) bond motifs is 1. The Kier molecular flexibility index (Phi) is 3.58. The van der Waals surface area contributed by atoms with Crippen LogP contribution in [0.3, 0.4) is 0 Å². The molecule has 4 nitrogen and oxygen atoms in total. The number of imidazole rings is 1. The highest BCUT2D eigenvalue weighted by Gasteiger charge is 2.06. The number of halogens is 1. The lowest BCUT2D eigenvalue weighted by atomic mass is 10.1. The van der Waals surface area contributed by atoms with Gasteiger partial charge in [-0.05, 0) is 36.4 Å². The third-order valence-corrected chi connectivity index (χ3v) is 3.20. The summed E-state index contributed by atoms with van der Waals surface area (Å²) >= 11 is 6.03. The molecule has 0 radical (unpaired) electrons. The van der Waals surface area contributed by atoms with Crippen LogP contribution in [-0.2, 0) is 0 Å². The van der Waals surface area contributed by atoms with E-state index in [0.29, 0.717) is 11.6 Å². The van der Waals surface area contributed by atoms with Gasteiger partial charge in [-0.15, -0.1) is 0 Å². The molecule has 5 heteroatoms. The first kappa shape index (κ1) is 13.0.